The van der Waals surface area contributed by atoms with E-state index >= 15 is 0 Å². The lowest BCUT2D eigenvalue weighted by Gasteiger charge is -2.28. The van der Waals surface area contributed by atoms with Crippen LogP contribution >= 0.6 is 11.3 Å². The van der Waals surface area contributed by atoms with Crippen LogP contribution in [0.3, 0.4) is 0 Å². The summed E-state index contributed by atoms with van der Waals surface area (Å²) >= 11 is 1.65. The normalized spacial score (nSPS) is 10.8. The first-order valence-corrected chi connectivity index (χ1v) is 12.1. The van der Waals surface area contributed by atoms with Crippen LogP contribution in [0.4, 0.5) is 0 Å². The van der Waals surface area contributed by atoms with Crippen molar-refractivity contribution in [1.29, 1.82) is 0 Å². The van der Waals surface area contributed by atoms with E-state index in [1.807, 2.05) is 52.7 Å². The average molecular weight is 445 g/mol. The van der Waals surface area contributed by atoms with Gasteiger partial charge in [-0.25, -0.2) is 0 Å². The Balaban J connectivity index is 2.05. The summed E-state index contributed by atoms with van der Waals surface area (Å²) < 4.78 is 5.15. The van der Waals surface area contributed by atoms with Gasteiger partial charge in [-0.3, -0.25) is 9.59 Å². The van der Waals surface area contributed by atoms with Crippen molar-refractivity contribution in [1.82, 2.24) is 9.80 Å². The van der Waals surface area contributed by atoms with Crippen molar-refractivity contribution in [3.05, 3.63) is 58.3 Å². The second-order valence-corrected chi connectivity index (χ2v) is 8.82. The third-order valence-electron chi connectivity index (χ3n) is 5.20. The molecule has 0 aliphatic rings. The summed E-state index contributed by atoms with van der Waals surface area (Å²) in [4.78, 5) is 30.9. The minimum absolute atomic E-state index is 0.0171. The second kappa shape index (κ2) is 14.8. The minimum Gasteiger partial charge on any atom is -0.385 e. The molecular formula is C25H36N2O3S. The summed E-state index contributed by atoms with van der Waals surface area (Å²) in [6.45, 7) is 4.50. The number of hydrogen-bond acceptors (Lipinski definition) is 4. The molecule has 0 fully saturated rings. The van der Waals surface area contributed by atoms with Crippen molar-refractivity contribution in [2.24, 2.45) is 0 Å². The number of nitrogens with zero attached hydrogens (tertiary/aromatic N) is 2. The summed E-state index contributed by atoms with van der Waals surface area (Å²) in [5.74, 6) is 0.0490. The van der Waals surface area contributed by atoms with E-state index in [-0.39, 0.29) is 18.4 Å². The molecule has 2 rings (SSSR count). The van der Waals surface area contributed by atoms with E-state index in [1.165, 1.54) is 0 Å². The van der Waals surface area contributed by atoms with Crippen LogP contribution in [0.25, 0.3) is 0 Å². The molecule has 0 atom stereocenters. The number of hydrogen-bond donors (Lipinski definition) is 0. The SMILES string of the molecule is CCCCCCC(=O)N(CCCOC)CC(=O)N(Cc1ccccc1)Cc1cccs1. The van der Waals surface area contributed by atoms with Gasteiger partial charge in [-0.15, -0.1) is 11.3 Å². The molecule has 31 heavy (non-hydrogen) atoms. The molecule has 5 nitrogen and oxygen atoms in total. The molecule has 170 valence electrons. The van der Waals surface area contributed by atoms with Gasteiger partial charge in [0.25, 0.3) is 0 Å². The highest BCUT2D eigenvalue weighted by Crippen LogP contribution is 2.16. The summed E-state index contributed by atoms with van der Waals surface area (Å²) in [7, 11) is 1.66. The third kappa shape index (κ3) is 9.66. The summed E-state index contributed by atoms with van der Waals surface area (Å²) in [5.41, 5.74) is 1.09. The first kappa shape index (κ1) is 25.1. The zero-order valence-electron chi connectivity index (χ0n) is 18.9. The largest absolute Gasteiger partial charge is 0.385 e. The van der Waals surface area contributed by atoms with Crippen LogP contribution in [0.5, 0.6) is 0 Å². The molecule has 0 spiro atoms. The third-order valence-corrected chi connectivity index (χ3v) is 6.06. The van der Waals surface area contributed by atoms with Gasteiger partial charge < -0.3 is 14.5 Å². The summed E-state index contributed by atoms with van der Waals surface area (Å²) in [5, 5.41) is 2.03. The fourth-order valence-electron chi connectivity index (χ4n) is 3.44. The summed E-state index contributed by atoms with van der Waals surface area (Å²) in [6.07, 6.45) is 5.45. The van der Waals surface area contributed by atoms with Gasteiger partial charge in [-0.2, -0.15) is 0 Å². The molecule has 0 saturated carbocycles. The number of carbonyl (C=O) groups is 2. The molecule has 1 aromatic carbocycles. The fourth-order valence-corrected chi connectivity index (χ4v) is 4.16. The average Bonchev–Trinajstić information content (AvgIpc) is 3.29. The maximum atomic E-state index is 13.3. The maximum absolute atomic E-state index is 13.3. The molecule has 2 aromatic rings. The van der Waals surface area contributed by atoms with Gasteiger partial charge in [-0.05, 0) is 29.9 Å². The standard InChI is InChI=1S/C25H36N2O3S/c1-3-4-5-9-15-24(28)26(16-11-17-30-2)21-25(29)27(20-23-14-10-18-31-23)19-22-12-7-6-8-13-22/h6-8,10,12-14,18H,3-5,9,11,15-17,19-21H2,1-2H3. The van der Waals surface area contributed by atoms with E-state index in [9.17, 15) is 9.59 Å². The van der Waals surface area contributed by atoms with Crippen LogP contribution in [0.2, 0.25) is 0 Å². The molecule has 0 N–H and O–H groups in total. The van der Waals surface area contributed by atoms with Crippen LogP contribution < -0.4 is 0 Å². The molecule has 0 bridgehead atoms. The van der Waals surface area contributed by atoms with Gasteiger partial charge in [0.1, 0.15) is 0 Å². The van der Waals surface area contributed by atoms with Crippen molar-refractivity contribution >= 4 is 23.2 Å². The lowest BCUT2D eigenvalue weighted by atomic mass is 10.1. The van der Waals surface area contributed by atoms with E-state index in [0.29, 0.717) is 32.7 Å². The zero-order chi connectivity index (χ0) is 22.3. The van der Waals surface area contributed by atoms with Crippen molar-refractivity contribution in [2.75, 3.05) is 26.8 Å². The van der Waals surface area contributed by atoms with E-state index in [0.717, 1.165) is 42.5 Å². The molecule has 0 aliphatic carbocycles. The minimum atomic E-state index is -0.0171. The number of thiophene rings is 1. The number of unbranched alkanes of at least 4 members (excludes halogenated alkanes) is 3. The Bertz CT molecular complexity index is 749. The predicted octanol–water partition coefficient (Wildman–Crippen LogP) is 5.11. The zero-order valence-corrected chi connectivity index (χ0v) is 19.7. The highest BCUT2D eigenvalue weighted by atomic mass is 32.1. The van der Waals surface area contributed by atoms with Crippen molar-refractivity contribution in [2.45, 2.75) is 58.5 Å². The molecular weight excluding hydrogens is 408 g/mol. The molecule has 0 saturated heterocycles. The number of rotatable bonds is 15. The Hall–Kier alpha value is -2.18. The number of benzene rings is 1. The fraction of sp³-hybridized carbons (Fsp3) is 0.520. The van der Waals surface area contributed by atoms with Gasteiger partial charge in [0.2, 0.25) is 11.8 Å². The van der Waals surface area contributed by atoms with Gasteiger partial charge >= 0.3 is 0 Å². The number of ether oxygens (including phenoxy) is 1. The molecule has 0 radical (unpaired) electrons. The predicted molar refractivity (Wildman–Crippen MR) is 127 cm³/mol. The van der Waals surface area contributed by atoms with Gasteiger partial charge in [0.05, 0.1) is 13.1 Å². The first-order valence-electron chi connectivity index (χ1n) is 11.2. The van der Waals surface area contributed by atoms with Gasteiger partial charge in [0.15, 0.2) is 0 Å². The Morgan fingerprint density at radius 1 is 0.903 bits per heavy atom. The Labute approximate surface area is 191 Å². The van der Waals surface area contributed by atoms with E-state index in [2.05, 4.69) is 6.92 Å². The smallest absolute Gasteiger partial charge is 0.242 e. The monoisotopic (exact) mass is 444 g/mol. The lowest BCUT2D eigenvalue weighted by Crippen LogP contribution is -2.43. The molecule has 6 heteroatoms. The molecule has 2 amide bonds. The van der Waals surface area contributed by atoms with Crippen LogP contribution in [0.15, 0.2) is 47.8 Å². The summed E-state index contributed by atoms with van der Waals surface area (Å²) in [6, 6.07) is 14.1. The molecule has 1 heterocycles. The second-order valence-electron chi connectivity index (χ2n) is 7.79. The molecule has 0 unspecified atom stereocenters. The Kier molecular flexibility index (Phi) is 11.9. The highest BCUT2D eigenvalue weighted by Gasteiger charge is 2.21. The Morgan fingerprint density at radius 2 is 1.71 bits per heavy atom. The van der Waals surface area contributed by atoms with Crippen molar-refractivity contribution in [3.8, 4) is 0 Å². The van der Waals surface area contributed by atoms with Crippen molar-refractivity contribution in [3.63, 3.8) is 0 Å². The Morgan fingerprint density at radius 3 is 2.39 bits per heavy atom. The van der Waals surface area contributed by atoms with E-state index in [1.54, 1.807) is 23.3 Å². The first-order chi connectivity index (χ1) is 15.1. The lowest BCUT2D eigenvalue weighted by molar-refractivity contribution is -0.141. The highest BCUT2D eigenvalue weighted by molar-refractivity contribution is 7.09. The van der Waals surface area contributed by atoms with Gasteiger partial charge in [-0.1, -0.05) is 62.6 Å². The molecule has 0 aliphatic heterocycles. The number of carbonyl (C=O) groups excluding carboxylic acids is 2. The van der Waals surface area contributed by atoms with E-state index in [4.69, 9.17) is 4.74 Å². The number of methoxy groups -OCH3 is 1. The van der Waals surface area contributed by atoms with Crippen LogP contribution in [-0.2, 0) is 27.4 Å². The van der Waals surface area contributed by atoms with Crippen LogP contribution in [0.1, 0.15) is 55.9 Å². The number of amides is 2. The quantitative estimate of drug-likeness (QED) is 0.359. The van der Waals surface area contributed by atoms with E-state index < -0.39 is 0 Å². The van der Waals surface area contributed by atoms with Crippen molar-refractivity contribution < 1.29 is 14.3 Å². The maximum Gasteiger partial charge on any atom is 0.242 e. The topological polar surface area (TPSA) is 49.9 Å². The molecule has 1 aromatic heterocycles. The van der Waals surface area contributed by atoms with Gasteiger partial charge in [0, 0.05) is 38.1 Å². The van der Waals surface area contributed by atoms with Crippen LogP contribution in [0, 0.1) is 0 Å². The van der Waals surface area contributed by atoms with Crippen LogP contribution in [-0.4, -0.2) is 48.4 Å².